The molecule has 0 saturated carbocycles. The first-order valence-electron chi connectivity index (χ1n) is 2.96. The Morgan fingerprint density at radius 3 is 2.40 bits per heavy atom. The van der Waals surface area contributed by atoms with Crippen LogP contribution in [0.25, 0.3) is 0 Å². The summed E-state index contributed by atoms with van der Waals surface area (Å²) in [6, 6.07) is 7.44. The number of benzene rings is 1. The van der Waals surface area contributed by atoms with Gasteiger partial charge in [0.15, 0.2) is 0 Å². The number of anilines is 1. The number of hydrogen-bond acceptors (Lipinski definition) is 1. The van der Waals surface area contributed by atoms with E-state index in [0.717, 1.165) is 10.7 Å². The molecule has 0 saturated heterocycles. The summed E-state index contributed by atoms with van der Waals surface area (Å²) in [6.07, 6.45) is 1.63. The van der Waals surface area contributed by atoms with Gasteiger partial charge < -0.3 is 5.32 Å². The van der Waals surface area contributed by atoms with Crippen molar-refractivity contribution in [2.45, 2.75) is 0 Å². The lowest BCUT2D eigenvalue weighted by Gasteiger charge is -1.97. The van der Waals surface area contributed by atoms with Crippen molar-refractivity contribution >= 4 is 17.3 Å². The zero-order valence-electron chi connectivity index (χ0n) is 5.47. The minimum atomic E-state index is 0.745. The van der Waals surface area contributed by atoms with Crippen molar-refractivity contribution in [2.24, 2.45) is 0 Å². The summed E-state index contributed by atoms with van der Waals surface area (Å²) in [5.41, 5.74) is 0.999. The average Bonchev–Trinajstić information content (AvgIpc) is 1.95. The first kappa shape index (κ1) is 7.16. The van der Waals surface area contributed by atoms with Gasteiger partial charge in [-0.15, -0.1) is 0 Å². The largest absolute Gasteiger partial charge is 0.362 e. The molecule has 0 fully saturated rings. The number of hydrogen-bond donors (Lipinski definition) is 1. The maximum atomic E-state index is 5.66. The molecule has 0 bridgehead atoms. The van der Waals surface area contributed by atoms with Crippen LogP contribution in [-0.2, 0) is 0 Å². The van der Waals surface area contributed by atoms with E-state index >= 15 is 0 Å². The van der Waals surface area contributed by atoms with Crippen LogP contribution in [0.5, 0.6) is 0 Å². The van der Waals surface area contributed by atoms with Crippen molar-refractivity contribution in [3.8, 4) is 0 Å². The van der Waals surface area contributed by atoms with E-state index in [1.807, 2.05) is 24.3 Å². The molecule has 0 aliphatic rings. The Hall–Kier alpha value is -0.950. The van der Waals surface area contributed by atoms with Crippen LogP contribution >= 0.6 is 11.6 Å². The first-order chi connectivity index (χ1) is 4.83. The lowest BCUT2D eigenvalue weighted by Crippen LogP contribution is -1.83. The van der Waals surface area contributed by atoms with Crippen molar-refractivity contribution in [2.75, 3.05) is 5.32 Å². The second-order valence-corrected chi connectivity index (χ2v) is 2.29. The van der Waals surface area contributed by atoms with Crippen molar-refractivity contribution in [1.82, 2.24) is 0 Å². The van der Waals surface area contributed by atoms with Gasteiger partial charge in [0.1, 0.15) is 0 Å². The molecule has 0 aromatic heterocycles. The monoisotopic (exact) mass is 153 g/mol. The Morgan fingerprint density at radius 1 is 1.30 bits per heavy atom. The third kappa shape index (κ3) is 1.78. The van der Waals surface area contributed by atoms with Crippen LogP contribution in [0.3, 0.4) is 0 Å². The van der Waals surface area contributed by atoms with Crippen LogP contribution < -0.4 is 5.32 Å². The van der Waals surface area contributed by atoms with Crippen molar-refractivity contribution in [3.05, 3.63) is 42.1 Å². The average molecular weight is 154 g/mol. The number of nitrogens with one attached hydrogen (secondary N) is 1. The van der Waals surface area contributed by atoms with E-state index in [0.29, 0.717) is 0 Å². The Labute approximate surface area is 65.3 Å². The molecule has 0 amide bonds. The summed E-state index contributed by atoms with van der Waals surface area (Å²) in [7, 11) is 0. The molecule has 0 radical (unpaired) electrons. The van der Waals surface area contributed by atoms with Gasteiger partial charge in [0.05, 0.1) is 0 Å². The molecular weight excluding hydrogens is 146 g/mol. The van der Waals surface area contributed by atoms with Crippen LogP contribution in [-0.4, -0.2) is 0 Å². The lowest BCUT2D eigenvalue weighted by atomic mass is 10.3. The van der Waals surface area contributed by atoms with Gasteiger partial charge in [-0.05, 0) is 30.5 Å². The standard InChI is InChI=1S/C8H8ClN/c1-2-10-8-5-3-7(9)4-6-8/h2-6,10H,1H2. The summed E-state index contributed by atoms with van der Waals surface area (Å²) >= 11 is 5.66. The van der Waals surface area contributed by atoms with E-state index in [1.54, 1.807) is 6.20 Å². The Kier molecular flexibility index (Phi) is 2.35. The number of rotatable bonds is 2. The highest BCUT2D eigenvalue weighted by Gasteiger charge is 1.86. The van der Waals surface area contributed by atoms with Crippen molar-refractivity contribution in [1.29, 1.82) is 0 Å². The zero-order valence-corrected chi connectivity index (χ0v) is 6.23. The SMILES string of the molecule is C=CNc1ccc(Cl)cc1. The molecule has 1 rings (SSSR count). The van der Waals surface area contributed by atoms with Crippen molar-refractivity contribution in [3.63, 3.8) is 0 Å². The van der Waals surface area contributed by atoms with Crippen LogP contribution in [0.2, 0.25) is 5.02 Å². The normalized spacial score (nSPS) is 8.90. The highest BCUT2D eigenvalue weighted by Crippen LogP contribution is 2.12. The summed E-state index contributed by atoms with van der Waals surface area (Å²) in [6.45, 7) is 3.53. The van der Waals surface area contributed by atoms with Gasteiger partial charge in [0.2, 0.25) is 0 Å². The Balaban J connectivity index is 2.78. The minimum absolute atomic E-state index is 0.745. The predicted octanol–water partition coefficient (Wildman–Crippen LogP) is 2.90. The highest BCUT2D eigenvalue weighted by molar-refractivity contribution is 6.30. The third-order valence-electron chi connectivity index (χ3n) is 1.11. The molecule has 10 heavy (non-hydrogen) atoms. The topological polar surface area (TPSA) is 12.0 Å². The molecule has 0 spiro atoms. The molecule has 52 valence electrons. The van der Waals surface area contributed by atoms with Crippen LogP contribution in [0, 0.1) is 0 Å². The van der Waals surface area contributed by atoms with Crippen LogP contribution in [0.15, 0.2) is 37.0 Å². The Bertz CT molecular complexity index is 215. The third-order valence-corrected chi connectivity index (χ3v) is 1.36. The molecule has 1 N–H and O–H groups in total. The molecular formula is C8H8ClN. The smallest absolute Gasteiger partial charge is 0.0407 e. The van der Waals surface area contributed by atoms with Crippen LogP contribution in [0.1, 0.15) is 0 Å². The maximum Gasteiger partial charge on any atom is 0.0407 e. The summed E-state index contributed by atoms with van der Waals surface area (Å²) in [5, 5.41) is 3.68. The van der Waals surface area contributed by atoms with E-state index in [2.05, 4.69) is 11.9 Å². The van der Waals surface area contributed by atoms with Gasteiger partial charge in [0.25, 0.3) is 0 Å². The van der Waals surface area contributed by atoms with E-state index in [-0.39, 0.29) is 0 Å². The molecule has 1 nitrogen and oxygen atoms in total. The highest BCUT2D eigenvalue weighted by atomic mass is 35.5. The van der Waals surface area contributed by atoms with Gasteiger partial charge in [-0.1, -0.05) is 18.2 Å². The summed E-state index contributed by atoms with van der Waals surface area (Å²) in [4.78, 5) is 0. The molecule has 0 atom stereocenters. The molecule has 0 aliphatic heterocycles. The fraction of sp³-hybridized carbons (Fsp3) is 0. The zero-order chi connectivity index (χ0) is 7.40. The second kappa shape index (κ2) is 3.28. The van der Waals surface area contributed by atoms with Gasteiger partial charge in [-0.2, -0.15) is 0 Å². The first-order valence-corrected chi connectivity index (χ1v) is 3.34. The quantitative estimate of drug-likeness (QED) is 0.689. The number of halogens is 1. The fourth-order valence-electron chi connectivity index (χ4n) is 0.664. The molecule has 2 heteroatoms. The minimum Gasteiger partial charge on any atom is -0.362 e. The van der Waals surface area contributed by atoms with Gasteiger partial charge in [-0.25, -0.2) is 0 Å². The molecule has 0 aliphatic carbocycles. The van der Waals surface area contributed by atoms with E-state index < -0.39 is 0 Å². The van der Waals surface area contributed by atoms with Gasteiger partial charge in [-0.3, -0.25) is 0 Å². The predicted molar refractivity (Wildman–Crippen MR) is 45.3 cm³/mol. The van der Waals surface area contributed by atoms with E-state index in [4.69, 9.17) is 11.6 Å². The summed E-state index contributed by atoms with van der Waals surface area (Å²) in [5.74, 6) is 0. The van der Waals surface area contributed by atoms with Gasteiger partial charge in [0, 0.05) is 10.7 Å². The maximum absolute atomic E-state index is 5.66. The molecule has 1 aromatic rings. The van der Waals surface area contributed by atoms with E-state index in [9.17, 15) is 0 Å². The lowest BCUT2D eigenvalue weighted by molar-refractivity contribution is 1.59. The van der Waals surface area contributed by atoms with Crippen molar-refractivity contribution < 1.29 is 0 Å². The molecule has 0 heterocycles. The van der Waals surface area contributed by atoms with Crippen LogP contribution in [0.4, 0.5) is 5.69 Å². The Morgan fingerprint density at radius 2 is 1.90 bits per heavy atom. The summed E-state index contributed by atoms with van der Waals surface area (Å²) < 4.78 is 0. The second-order valence-electron chi connectivity index (χ2n) is 1.86. The molecule has 0 unspecified atom stereocenters. The van der Waals surface area contributed by atoms with Gasteiger partial charge >= 0.3 is 0 Å². The fourth-order valence-corrected chi connectivity index (χ4v) is 0.790. The van der Waals surface area contributed by atoms with E-state index in [1.165, 1.54) is 0 Å². The molecule has 1 aromatic carbocycles.